The molecule has 0 bridgehead atoms. The Morgan fingerprint density at radius 1 is 1.40 bits per heavy atom. The lowest BCUT2D eigenvalue weighted by Crippen LogP contribution is -2.30. The van der Waals surface area contributed by atoms with Crippen LogP contribution in [0.15, 0.2) is 12.4 Å². The zero-order chi connectivity index (χ0) is 14.1. The number of fused-ring (bicyclic) bond motifs is 1. The van der Waals surface area contributed by atoms with E-state index in [9.17, 15) is 4.79 Å². The highest BCUT2D eigenvalue weighted by Crippen LogP contribution is 2.29. The van der Waals surface area contributed by atoms with Crippen LogP contribution in [0, 0.1) is 6.92 Å². The molecule has 0 saturated carbocycles. The third-order valence-corrected chi connectivity index (χ3v) is 4.08. The van der Waals surface area contributed by atoms with E-state index < -0.39 is 0 Å². The largest absolute Gasteiger partial charge is 0.350 e. The summed E-state index contributed by atoms with van der Waals surface area (Å²) < 4.78 is 0. The summed E-state index contributed by atoms with van der Waals surface area (Å²) in [5.41, 5.74) is 1.99. The average Bonchev–Trinajstić information content (AvgIpc) is 2.78. The number of carbonyl (C=O) groups is 1. The molecule has 0 aliphatic carbocycles. The minimum atomic E-state index is -0.0856. The van der Waals surface area contributed by atoms with Gasteiger partial charge in [-0.2, -0.15) is 0 Å². The first-order valence-electron chi connectivity index (χ1n) is 6.41. The van der Waals surface area contributed by atoms with E-state index in [0.717, 1.165) is 36.7 Å². The molecule has 2 aromatic rings. The number of rotatable bonds is 2. The van der Waals surface area contributed by atoms with Gasteiger partial charge in [0.15, 0.2) is 5.13 Å². The van der Waals surface area contributed by atoms with Crippen molar-refractivity contribution >= 4 is 28.2 Å². The zero-order valence-electron chi connectivity index (χ0n) is 11.4. The third kappa shape index (κ3) is 2.62. The van der Waals surface area contributed by atoms with Gasteiger partial charge in [-0.15, -0.1) is 0 Å². The van der Waals surface area contributed by atoms with Gasteiger partial charge in [0.25, 0.3) is 0 Å². The topological polar surface area (TPSA) is 71.0 Å². The first-order chi connectivity index (χ1) is 9.61. The van der Waals surface area contributed by atoms with Gasteiger partial charge in [-0.25, -0.2) is 9.97 Å². The second-order valence-electron chi connectivity index (χ2n) is 4.76. The van der Waals surface area contributed by atoms with Crippen LogP contribution >= 0.6 is 11.3 Å². The van der Waals surface area contributed by atoms with Crippen LogP contribution in [-0.2, 0) is 17.8 Å². The number of amides is 1. The van der Waals surface area contributed by atoms with Gasteiger partial charge in [0.2, 0.25) is 5.91 Å². The van der Waals surface area contributed by atoms with Crippen LogP contribution in [0.2, 0.25) is 0 Å². The van der Waals surface area contributed by atoms with Crippen molar-refractivity contribution in [3.63, 3.8) is 0 Å². The molecule has 0 saturated heterocycles. The fourth-order valence-electron chi connectivity index (χ4n) is 2.20. The van der Waals surface area contributed by atoms with Crippen molar-refractivity contribution < 1.29 is 4.79 Å². The summed E-state index contributed by atoms with van der Waals surface area (Å²) in [6.07, 6.45) is 4.40. The molecule has 1 N–H and O–H groups in total. The standard InChI is InChI=1S/C13H15N5OS/c1-8-5-14-6-12(15-8)18-4-3-10-11(7-18)20-13(17-10)16-9(2)19/h5-6H,3-4,7H2,1-2H3,(H,16,17,19). The summed E-state index contributed by atoms with van der Waals surface area (Å²) >= 11 is 1.53. The molecular formula is C13H15N5OS. The number of aromatic nitrogens is 3. The molecule has 0 unspecified atom stereocenters. The predicted octanol–water partition coefficient (Wildman–Crippen LogP) is 1.76. The molecular weight excluding hydrogens is 274 g/mol. The fourth-order valence-corrected chi connectivity index (χ4v) is 3.27. The molecule has 3 heterocycles. The Morgan fingerprint density at radius 3 is 3.00 bits per heavy atom. The molecule has 2 aromatic heterocycles. The van der Waals surface area contributed by atoms with E-state index in [4.69, 9.17) is 0 Å². The van der Waals surface area contributed by atoms with Gasteiger partial charge in [0.1, 0.15) is 5.82 Å². The first-order valence-corrected chi connectivity index (χ1v) is 7.23. The second kappa shape index (κ2) is 5.16. The molecule has 3 rings (SSSR count). The van der Waals surface area contributed by atoms with Gasteiger partial charge in [0.05, 0.1) is 24.1 Å². The van der Waals surface area contributed by atoms with Crippen LogP contribution in [0.1, 0.15) is 23.2 Å². The lowest BCUT2D eigenvalue weighted by molar-refractivity contribution is -0.114. The number of hydrogen-bond acceptors (Lipinski definition) is 6. The van der Waals surface area contributed by atoms with Crippen LogP contribution in [-0.4, -0.2) is 27.4 Å². The van der Waals surface area contributed by atoms with Crippen molar-refractivity contribution in [3.8, 4) is 0 Å². The van der Waals surface area contributed by atoms with E-state index in [-0.39, 0.29) is 5.91 Å². The molecule has 104 valence electrons. The summed E-state index contributed by atoms with van der Waals surface area (Å²) in [5, 5.41) is 3.43. The Hall–Kier alpha value is -2.02. The molecule has 1 amide bonds. The van der Waals surface area contributed by atoms with Gasteiger partial charge in [0, 0.05) is 31.0 Å². The Labute approximate surface area is 120 Å². The maximum Gasteiger partial charge on any atom is 0.223 e. The van der Waals surface area contributed by atoms with Crippen molar-refractivity contribution in [2.24, 2.45) is 0 Å². The number of nitrogens with zero attached hydrogens (tertiary/aromatic N) is 4. The van der Waals surface area contributed by atoms with Gasteiger partial charge in [-0.05, 0) is 6.92 Å². The quantitative estimate of drug-likeness (QED) is 0.912. The van der Waals surface area contributed by atoms with Gasteiger partial charge in [-0.1, -0.05) is 11.3 Å². The molecule has 1 aliphatic rings. The van der Waals surface area contributed by atoms with Crippen LogP contribution in [0.4, 0.5) is 10.9 Å². The van der Waals surface area contributed by atoms with Crippen molar-refractivity contribution in [3.05, 3.63) is 28.7 Å². The minimum Gasteiger partial charge on any atom is -0.350 e. The van der Waals surface area contributed by atoms with Crippen molar-refractivity contribution in [2.45, 2.75) is 26.8 Å². The number of hydrogen-bond donors (Lipinski definition) is 1. The maximum absolute atomic E-state index is 11.1. The Kier molecular flexibility index (Phi) is 3.35. The molecule has 0 atom stereocenters. The fraction of sp³-hybridized carbons (Fsp3) is 0.385. The highest BCUT2D eigenvalue weighted by Gasteiger charge is 2.22. The van der Waals surface area contributed by atoms with E-state index in [0.29, 0.717) is 5.13 Å². The SMILES string of the molecule is CC(=O)Nc1nc2c(s1)CN(c1cncc(C)n1)CC2. The lowest BCUT2D eigenvalue weighted by Gasteiger charge is -2.26. The molecule has 0 radical (unpaired) electrons. The van der Waals surface area contributed by atoms with E-state index >= 15 is 0 Å². The summed E-state index contributed by atoms with van der Waals surface area (Å²) in [4.78, 5) is 27.6. The minimum absolute atomic E-state index is 0.0856. The number of nitrogens with one attached hydrogen (secondary N) is 1. The monoisotopic (exact) mass is 289 g/mol. The van der Waals surface area contributed by atoms with E-state index in [2.05, 4.69) is 25.2 Å². The second-order valence-corrected chi connectivity index (χ2v) is 5.84. The van der Waals surface area contributed by atoms with Crippen LogP contribution in [0.3, 0.4) is 0 Å². The van der Waals surface area contributed by atoms with Gasteiger partial charge < -0.3 is 10.2 Å². The molecule has 0 aromatic carbocycles. The maximum atomic E-state index is 11.1. The van der Waals surface area contributed by atoms with Gasteiger partial charge >= 0.3 is 0 Å². The van der Waals surface area contributed by atoms with Crippen LogP contribution < -0.4 is 10.2 Å². The van der Waals surface area contributed by atoms with Crippen molar-refractivity contribution in [1.82, 2.24) is 15.0 Å². The number of aryl methyl sites for hydroxylation is 1. The molecule has 7 heteroatoms. The predicted molar refractivity (Wildman–Crippen MR) is 77.9 cm³/mol. The third-order valence-electron chi connectivity index (χ3n) is 3.08. The van der Waals surface area contributed by atoms with Crippen LogP contribution in [0.25, 0.3) is 0 Å². The lowest BCUT2D eigenvalue weighted by atomic mass is 10.2. The Balaban J connectivity index is 1.81. The molecule has 20 heavy (non-hydrogen) atoms. The molecule has 1 aliphatic heterocycles. The molecule has 0 fully saturated rings. The summed E-state index contributed by atoms with van der Waals surface area (Å²) in [5.74, 6) is 0.808. The highest BCUT2D eigenvalue weighted by atomic mass is 32.1. The van der Waals surface area contributed by atoms with Gasteiger partial charge in [-0.3, -0.25) is 9.78 Å². The molecule has 6 nitrogen and oxygen atoms in total. The number of carbonyl (C=O) groups excluding carboxylic acids is 1. The van der Waals surface area contributed by atoms with Crippen LogP contribution in [0.5, 0.6) is 0 Å². The number of anilines is 2. The van der Waals surface area contributed by atoms with Crippen molar-refractivity contribution in [1.29, 1.82) is 0 Å². The Morgan fingerprint density at radius 2 is 2.25 bits per heavy atom. The summed E-state index contributed by atoms with van der Waals surface area (Å²) in [6, 6.07) is 0. The Bertz CT molecular complexity index is 654. The van der Waals surface area contributed by atoms with E-state index in [1.807, 2.05) is 6.92 Å². The normalized spacial score (nSPS) is 14.0. The van der Waals surface area contributed by atoms with Crippen molar-refractivity contribution in [2.75, 3.05) is 16.8 Å². The smallest absolute Gasteiger partial charge is 0.223 e. The first kappa shape index (κ1) is 13.0. The average molecular weight is 289 g/mol. The molecule has 0 spiro atoms. The zero-order valence-corrected chi connectivity index (χ0v) is 12.2. The summed E-state index contributed by atoms with van der Waals surface area (Å²) in [6.45, 7) is 5.07. The van der Waals surface area contributed by atoms with E-state index in [1.54, 1.807) is 12.4 Å². The summed E-state index contributed by atoms with van der Waals surface area (Å²) in [7, 11) is 0. The number of thiazole rings is 1. The highest BCUT2D eigenvalue weighted by molar-refractivity contribution is 7.15. The van der Waals surface area contributed by atoms with E-state index in [1.165, 1.54) is 23.1 Å².